The molecule has 23 heavy (non-hydrogen) atoms. The van der Waals surface area contributed by atoms with E-state index in [1.54, 1.807) is 26.0 Å². The Morgan fingerprint density at radius 2 is 1.65 bits per heavy atom. The van der Waals surface area contributed by atoms with Gasteiger partial charge in [0.2, 0.25) is 0 Å². The molecule has 2 unspecified atom stereocenters. The Balaban J connectivity index is 0. The molecule has 0 spiro atoms. The van der Waals surface area contributed by atoms with Crippen molar-refractivity contribution in [2.75, 3.05) is 25.7 Å². The monoisotopic (exact) mass is 364 g/mol. The van der Waals surface area contributed by atoms with Gasteiger partial charge in [0.1, 0.15) is 0 Å². The summed E-state index contributed by atoms with van der Waals surface area (Å²) in [5.41, 5.74) is 0.557. The Morgan fingerprint density at radius 1 is 1.13 bits per heavy atom. The van der Waals surface area contributed by atoms with Gasteiger partial charge in [-0.1, -0.05) is 34.6 Å². The van der Waals surface area contributed by atoms with Crippen LogP contribution in [0.2, 0.25) is 0 Å². The van der Waals surface area contributed by atoms with E-state index in [4.69, 9.17) is 14.4 Å². The minimum atomic E-state index is -1.31. The Morgan fingerprint density at radius 3 is 2.09 bits per heavy atom. The van der Waals surface area contributed by atoms with Crippen LogP contribution in [0.1, 0.15) is 45.0 Å². The number of hydrogen-bond acceptors (Lipinski definition) is 5. The average Bonchev–Trinajstić information content (AvgIpc) is 2.56. The fraction of sp³-hybridized carbons (Fsp3) is 0.562. The van der Waals surface area contributed by atoms with E-state index < -0.39 is 8.38 Å². The molecular weight excluding hydrogens is 334 g/mol. The maximum atomic E-state index is 11.4. The molecule has 0 aliphatic heterocycles. The third-order valence-corrected chi connectivity index (χ3v) is 5.10. The van der Waals surface area contributed by atoms with Gasteiger partial charge in [0.25, 0.3) is 0 Å². The average molecular weight is 364 g/mol. The van der Waals surface area contributed by atoms with Crippen LogP contribution in [-0.2, 0) is 9.26 Å². The first kappa shape index (κ1) is 24.7. The maximum absolute atomic E-state index is 11.4. The first-order valence-corrected chi connectivity index (χ1v) is 10.4. The second-order valence-electron chi connectivity index (χ2n) is 3.72. The molecule has 7 heteroatoms. The van der Waals surface area contributed by atoms with E-state index in [1.165, 1.54) is 0 Å². The van der Waals surface area contributed by atoms with E-state index in [0.717, 1.165) is 5.30 Å². The summed E-state index contributed by atoms with van der Waals surface area (Å²) in [5.74, 6) is 0.341. The standard InChI is InChI=1S/C12H18O4P2.C2H6O.C2H6/c1-3-15-12(13)10-5-7-11(8-6-10)17-9-18(14)16-4-2;1-2-3;1-2/h5-8,14,17H,3-4,9H2,1-2H3;3H,2H2,1H3;1-2H3. The van der Waals surface area contributed by atoms with Crippen molar-refractivity contribution in [2.24, 2.45) is 0 Å². The number of aliphatic hydroxyl groups is 1. The molecular formula is C16H30O5P2. The maximum Gasteiger partial charge on any atom is 0.338 e. The SMILES string of the molecule is CC.CCO.CCOC(=O)c1ccc(PCP(O)OCC)cc1. The Hall–Kier alpha value is -0.570. The van der Waals surface area contributed by atoms with Crippen LogP contribution in [0.5, 0.6) is 0 Å². The van der Waals surface area contributed by atoms with Crippen molar-refractivity contribution in [1.82, 2.24) is 0 Å². The zero-order valence-electron chi connectivity index (χ0n) is 14.7. The lowest BCUT2D eigenvalue weighted by Gasteiger charge is -2.09. The molecule has 0 saturated heterocycles. The fourth-order valence-electron chi connectivity index (χ4n) is 1.29. The van der Waals surface area contributed by atoms with E-state index in [-0.39, 0.29) is 12.6 Å². The van der Waals surface area contributed by atoms with E-state index in [9.17, 15) is 9.69 Å². The first-order valence-electron chi connectivity index (χ1n) is 7.80. The predicted molar refractivity (Wildman–Crippen MR) is 100 cm³/mol. The van der Waals surface area contributed by atoms with Gasteiger partial charge in [0.05, 0.1) is 18.8 Å². The lowest BCUT2D eigenvalue weighted by molar-refractivity contribution is 0.0526. The van der Waals surface area contributed by atoms with Gasteiger partial charge in [-0.05, 0) is 38.2 Å². The summed E-state index contributed by atoms with van der Waals surface area (Å²) >= 11 is 0. The van der Waals surface area contributed by atoms with Crippen LogP contribution in [0.3, 0.4) is 0 Å². The number of rotatable bonds is 7. The van der Waals surface area contributed by atoms with Crippen molar-refractivity contribution in [3.05, 3.63) is 29.8 Å². The van der Waals surface area contributed by atoms with E-state index in [0.29, 0.717) is 33.3 Å². The summed E-state index contributed by atoms with van der Waals surface area (Å²) in [6.45, 7) is 10.5. The molecule has 1 aromatic carbocycles. The summed E-state index contributed by atoms with van der Waals surface area (Å²) in [5, 5.41) is 8.67. The number of benzene rings is 1. The molecule has 0 aliphatic rings. The molecule has 2 N–H and O–H groups in total. The molecule has 0 fully saturated rings. The number of esters is 1. The normalized spacial score (nSPS) is 11.1. The van der Waals surface area contributed by atoms with Gasteiger partial charge in [-0.3, -0.25) is 0 Å². The molecule has 1 rings (SSSR count). The van der Waals surface area contributed by atoms with Crippen molar-refractivity contribution in [1.29, 1.82) is 0 Å². The van der Waals surface area contributed by atoms with Gasteiger partial charge in [-0.2, -0.15) is 0 Å². The van der Waals surface area contributed by atoms with Gasteiger partial charge in [0.15, 0.2) is 8.38 Å². The van der Waals surface area contributed by atoms with Gasteiger partial charge < -0.3 is 19.3 Å². The summed E-state index contributed by atoms with van der Waals surface area (Å²) in [4.78, 5) is 20.9. The molecule has 5 nitrogen and oxygen atoms in total. The third-order valence-electron chi connectivity index (χ3n) is 2.09. The third kappa shape index (κ3) is 13.6. The van der Waals surface area contributed by atoms with Crippen molar-refractivity contribution in [2.45, 2.75) is 34.6 Å². The molecule has 2 atom stereocenters. The molecule has 0 aliphatic carbocycles. The highest BCUT2D eigenvalue weighted by Crippen LogP contribution is 2.37. The second kappa shape index (κ2) is 17.8. The van der Waals surface area contributed by atoms with Crippen LogP contribution in [0.25, 0.3) is 0 Å². The van der Waals surface area contributed by atoms with E-state index in [1.807, 2.05) is 32.9 Å². The van der Waals surface area contributed by atoms with Gasteiger partial charge in [0, 0.05) is 12.5 Å². The predicted octanol–water partition coefficient (Wildman–Crippen LogP) is 3.49. The highest BCUT2D eigenvalue weighted by Gasteiger charge is 2.07. The van der Waals surface area contributed by atoms with Crippen LogP contribution in [0, 0.1) is 0 Å². The minimum absolute atomic E-state index is 0.250. The molecule has 0 bridgehead atoms. The van der Waals surface area contributed by atoms with Crippen molar-refractivity contribution < 1.29 is 24.1 Å². The van der Waals surface area contributed by atoms with Crippen LogP contribution in [0.4, 0.5) is 0 Å². The Bertz CT molecular complexity index is 385. The molecule has 0 aromatic heterocycles. The Kier molecular flexibility index (Phi) is 19.1. The fourth-order valence-corrected chi connectivity index (χ4v) is 3.63. The van der Waals surface area contributed by atoms with Crippen molar-refractivity contribution in [3.8, 4) is 0 Å². The molecule has 0 amide bonds. The van der Waals surface area contributed by atoms with Gasteiger partial charge in [-0.15, -0.1) is 0 Å². The number of hydrogen-bond donors (Lipinski definition) is 2. The number of ether oxygens (including phenoxy) is 1. The summed E-state index contributed by atoms with van der Waals surface area (Å²) < 4.78 is 10.0. The zero-order valence-corrected chi connectivity index (χ0v) is 16.6. The van der Waals surface area contributed by atoms with Crippen molar-refractivity contribution in [3.63, 3.8) is 0 Å². The largest absolute Gasteiger partial charge is 0.462 e. The van der Waals surface area contributed by atoms with Gasteiger partial charge >= 0.3 is 5.97 Å². The Labute approximate surface area is 143 Å². The molecule has 1 aromatic rings. The minimum Gasteiger partial charge on any atom is -0.462 e. The number of carbonyl (C=O) groups is 1. The lowest BCUT2D eigenvalue weighted by atomic mass is 10.2. The topological polar surface area (TPSA) is 76.0 Å². The molecule has 0 saturated carbocycles. The van der Waals surface area contributed by atoms with Crippen LogP contribution >= 0.6 is 17.0 Å². The first-order chi connectivity index (χ1) is 11.1. The highest BCUT2D eigenvalue weighted by atomic mass is 31.2. The van der Waals surface area contributed by atoms with E-state index in [2.05, 4.69) is 0 Å². The van der Waals surface area contributed by atoms with E-state index >= 15 is 0 Å². The van der Waals surface area contributed by atoms with Crippen molar-refractivity contribution >= 4 is 28.2 Å². The van der Waals surface area contributed by atoms with Crippen LogP contribution in [-0.4, -0.2) is 41.7 Å². The lowest BCUT2D eigenvalue weighted by Crippen LogP contribution is -2.06. The molecule has 0 heterocycles. The molecule has 0 radical (unpaired) electrons. The second-order valence-corrected chi connectivity index (χ2v) is 6.88. The number of carbonyl (C=O) groups excluding carboxylic acids is 1. The zero-order chi connectivity index (χ0) is 18.1. The highest BCUT2D eigenvalue weighted by molar-refractivity contribution is 7.64. The van der Waals surface area contributed by atoms with Gasteiger partial charge in [-0.25, -0.2) is 4.79 Å². The molecule has 134 valence electrons. The smallest absolute Gasteiger partial charge is 0.338 e. The quantitative estimate of drug-likeness (QED) is 0.572. The summed E-state index contributed by atoms with van der Waals surface area (Å²) in [6, 6.07) is 7.28. The van der Waals surface area contributed by atoms with Crippen LogP contribution in [0.15, 0.2) is 24.3 Å². The summed E-state index contributed by atoms with van der Waals surface area (Å²) in [7, 11) is -0.822. The number of aliphatic hydroxyl groups excluding tert-OH is 1. The van der Waals surface area contributed by atoms with Crippen LogP contribution < -0.4 is 5.30 Å². The summed E-state index contributed by atoms with van der Waals surface area (Å²) in [6.07, 6.45) is 0.